The van der Waals surface area contributed by atoms with E-state index in [0.29, 0.717) is 19.0 Å². The largest absolute Gasteiger partial charge is 0.334 e. The Bertz CT molecular complexity index is 890. The summed E-state index contributed by atoms with van der Waals surface area (Å²) in [6, 6.07) is 13.7. The molecule has 1 unspecified atom stereocenters. The molecule has 0 bridgehead atoms. The van der Waals surface area contributed by atoms with E-state index in [1.807, 2.05) is 47.5 Å². The maximum Gasteiger partial charge on any atom is 0.322 e. The molecule has 0 spiro atoms. The van der Waals surface area contributed by atoms with Gasteiger partial charge in [-0.3, -0.25) is 4.90 Å². The van der Waals surface area contributed by atoms with Gasteiger partial charge < -0.3 is 5.32 Å². The van der Waals surface area contributed by atoms with Gasteiger partial charge >= 0.3 is 6.03 Å². The number of carbonyl (C=O) groups excluding carboxylic acids is 1. The predicted molar refractivity (Wildman–Crippen MR) is 95.8 cm³/mol. The molecule has 3 heterocycles. The lowest BCUT2D eigenvalue weighted by Crippen LogP contribution is -2.38. The van der Waals surface area contributed by atoms with E-state index in [2.05, 4.69) is 28.4 Å². The topological polar surface area (TPSA) is 63.1 Å². The molecule has 1 aliphatic heterocycles. The average molecular weight is 333 g/mol. The Kier molecular flexibility index (Phi) is 3.93. The van der Waals surface area contributed by atoms with Crippen LogP contribution in [0, 0.1) is 0 Å². The average Bonchev–Trinajstić information content (AvgIpc) is 3.29. The second kappa shape index (κ2) is 6.39. The van der Waals surface area contributed by atoms with Crippen molar-refractivity contribution in [3.63, 3.8) is 0 Å². The first-order valence-electron chi connectivity index (χ1n) is 8.31. The molecular weight excluding hydrogens is 314 g/mol. The quantitative estimate of drug-likeness (QED) is 0.801. The third-order valence-electron chi connectivity index (χ3n) is 4.45. The number of aromatic nitrogens is 3. The summed E-state index contributed by atoms with van der Waals surface area (Å²) in [5.74, 6) is 1.09. The highest BCUT2D eigenvalue weighted by Crippen LogP contribution is 2.35. The highest BCUT2D eigenvalue weighted by Gasteiger charge is 2.29. The molecule has 0 radical (unpaired) electrons. The van der Waals surface area contributed by atoms with Gasteiger partial charge in [0.2, 0.25) is 0 Å². The van der Waals surface area contributed by atoms with Crippen molar-refractivity contribution in [1.29, 1.82) is 0 Å². The van der Waals surface area contributed by atoms with Crippen molar-refractivity contribution in [1.82, 2.24) is 20.1 Å². The summed E-state index contributed by atoms with van der Waals surface area (Å²) in [5.41, 5.74) is 3.20. The number of nitrogens with one attached hydrogen (secondary N) is 1. The molecule has 3 aromatic rings. The molecule has 1 atom stereocenters. The van der Waals surface area contributed by atoms with Crippen LogP contribution in [0.4, 0.5) is 10.5 Å². The second-order valence-electron chi connectivity index (χ2n) is 6.20. The molecule has 0 saturated carbocycles. The van der Waals surface area contributed by atoms with Gasteiger partial charge in [0.15, 0.2) is 5.82 Å². The van der Waals surface area contributed by atoms with Crippen LogP contribution in [-0.4, -0.2) is 27.3 Å². The number of pyridine rings is 1. The molecule has 4 rings (SSSR count). The lowest BCUT2D eigenvalue weighted by atomic mass is 10.0. The number of urea groups is 1. The molecular formula is C19H19N5O. The van der Waals surface area contributed by atoms with E-state index in [4.69, 9.17) is 0 Å². The van der Waals surface area contributed by atoms with Gasteiger partial charge in [0.1, 0.15) is 0 Å². The summed E-state index contributed by atoms with van der Waals surface area (Å²) < 4.78 is 1.70. The third-order valence-corrected chi connectivity index (χ3v) is 4.45. The Labute approximate surface area is 146 Å². The number of fused-ring (bicyclic) bond motifs is 1. The van der Waals surface area contributed by atoms with Crippen molar-refractivity contribution in [2.45, 2.75) is 19.4 Å². The van der Waals surface area contributed by atoms with Gasteiger partial charge in [-0.1, -0.05) is 25.1 Å². The van der Waals surface area contributed by atoms with E-state index in [-0.39, 0.29) is 6.03 Å². The highest BCUT2D eigenvalue weighted by atomic mass is 16.2. The molecule has 1 aromatic carbocycles. The Hall–Kier alpha value is -3.15. The number of nitrogens with zero attached hydrogens (tertiary/aromatic N) is 4. The molecule has 126 valence electrons. The van der Waals surface area contributed by atoms with Crippen LogP contribution in [0.15, 0.2) is 61.1 Å². The Morgan fingerprint density at radius 1 is 1.24 bits per heavy atom. The molecule has 2 aromatic heterocycles. The zero-order valence-electron chi connectivity index (χ0n) is 14.0. The fourth-order valence-electron chi connectivity index (χ4n) is 3.19. The predicted octanol–water partition coefficient (Wildman–Crippen LogP) is 3.10. The van der Waals surface area contributed by atoms with Crippen LogP contribution in [0.2, 0.25) is 0 Å². The van der Waals surface area contributed by atoms with Gasteiger partial charge in [0.05, 0.1) is 0 Å². The van der Waals surface area contributed by atoms with Crippen molar-refractivity contribution in [2.24, 2.45) is 0 Å². The Balaban J connectivity index is 1.46. The van der Waals surface area contributed by atoms with Crippen LogP contribution in [0.5, 0.6) is 0 Å². The van der Waals surface area contributed by atoms with E-state index in [0.717, 1.165) is 17.1 Å². The maximum absolute atomic E-state index is 12.6. The smallest absolute Gasteiger partial charge is 0.322 e. The highest BCUT2D eigenvalue weighted by molar-refractivity contribution is 5.94. The molecule has 0 aliphatic carbocycles. The molecule has 1 aliphatic rings. The first-order chi connectivity index (χ1) is 12.2. The summed E-state index contributed by atoms with van der Waals surface area (Å²) in [5, 5.41) is 7.18. The van der Waals surface area contributed by atoms with Crippen LogP contribution in [0.3, 0.4) is 0 Å². The molecule has 0 fully saturated rings. The maximum atomic E-state index is 12.6. The van der Waals surface area contributed by atoms with E-state index in [1.165, 1.54) is 5.56 Å². The number of para-hydroxylation sites is 1. The molecule has 0 saturated heterocycles. The lowest BCUT2D eigenvalue weighted by Gasteiger charge is -2.18. The third kappa shape index (κ3) is 2.98. The SMILES string of the molecule is CC1CN(C(=O)NCc2ccnc(-n3cccn3)c2)c2ccccc21. The zero-order chi connectivity index (χ0) is 17.2. The van der Waals surface area contributed by atoms with Gasteiger partial charge in [0, 0.05) is 43.3 Å². The second-order valence-corrected chi connectivity index (χ2v) is 6.20. The zero-order valence-corrected chi connectivity index (χ0v) is 14.0. The lowest BCUT2D eigenvalue weighted by molar-refractivity contribution is 0.246. The summed E-state index contributed by atoms with van der Waals surface area (Å²) in [7, 11) is 0. The van der Waals surface area contributed by atoms with E-state index in [9.17, 15) is 4.79 Å². The Morgan fingerprint density at radius 3 is 2.96 bits per heavy atom. The van der Waals surface area contributed by atoms with Crippen molar-refractivity contribution in [3.05, 3.63) is 72.2 Å². The van der Waals surface area contributed by atoms with Crippen molar-refractivity contribution in [3.8, 4) is 5.82 Å². The Morgan fingerprint density at radius 2 is 2.12 bits per heavy atom. The first-order valence-corrected chi connectivity index (χ1v) is 8.31. The molecule has 1 N–H and O–H groups in total. The fraction of sp³-hybridized carbons (Fsp3) is 0.211. The van der Waals surface area contributed by atoms with Crippen LogP contribution < -0.4 is 10.2 Å². The summed E-state index contributed by atoms with van der Waals surface area (Å²) in [6.45, 7) is 3.30. The number of hydrogen-bond donors (Lipinski definition) is 1. The van der Waals surface area contributed by atoms with Gasteiger partial charge in [0.25, 0.3) is 0 Å². The number of carbonyl (C=O) groups is 1. The normalized spacial score (nSPS) is 15.9. The monoisotopic (exact) mass is 333 g/mol. The van der Waals surface area contributed by atoms with Gasteiger partial charge in [-0.15, -0.1) is 0 Å². The summed E-state index contributed by atoms with van der Waals surface area (Å²) >= 11 is 0. The minimum absolute atomic E-state index is 0.0748. The molecule has 2 amide bonds. The van der Waals surface area contributed by atoms with Crippen molar-refractivity contribution >= 4 is 11.7 Å². The van der Waals surface area contributed by atoms with Gasteiger partial charge in [-0.2, -0.15) is 5.10 Å². The minimum atomic E-state index is -0.0748. The first kappa shape index (κ1) is 15.4. The number of rotatable bonds is 3. The summed E-state index contributed by atoms with van der Waals surface area (Å²) in [4.78, 5) is 18.7. The van der Waals surface area contributed by atoms with Crippen LogP contribution in [-0.2, 0) is 6.54 Å². The van der Waals surface area contributed by atoms with Crippen LogP contribution in [0.25, 0.3) is 5.82 Å². The van der Waals surface area contributed by atoms with Crippen LogP contribution >= 0.6 is 0 Å². The van der Waals surface area contributed by atoms with Gasteiger partial charge in [-0.25, -0.2) is 14.5 Å². The van der Waals surface area contributed by atoms with Gasteiger partial charge in [-0.05, 0) is 35.4 Å². The number of benzene rings is 1. The standard InChI is InChI=1S/C19H19N5O/c1-14-13-23(17-6-3-2-5-16(14)17)19(25)21-12-15-7-9-20-18(11-15)24-10-4-8-22-24/h2-11,14H,12-13H2,1H3,(H,21,25). The van der Waals surface area contributed by atoms with E-state index in [1.54, 1.807) is 17.1 Å². The number of amides is 2. The summed E-state index contributed by atoms with van der Waals surface area (Å²) in [6.07, 6.45) is 5.28. The van der Waals surface area contributed by atoms with Crippen molar-refractivity contribution in [2.75, 3.05) is 11.4 Å². The fourth-order valence-corrected chi connectivity index (χ4v) is 3.19. The minimum Gasteiger partial charge on any atom is -0.334 e. The van der Waals surface area contributed by atoms with Crippen molar-refractivity contribution < 1.29 is 4.79 Å². The van der Waals surface area contributed by atoms with Crippen LogP contribution in [0.1, 0.15) is 24.0 Å². The molecule has 25 heavy (non-hydrogen) atoms. The number of anilines is 1. The van der Waals surface area contributed by atoms with E-state index < -0.39 is 0 Å². The van der Waals surface area contributed by atoms with E-state index >= 15 is 0 Å². The number of hydrogen-bond acceptors (Lipinski definition) is 3. The molecule has 6 heteroatoms. The molecule has 6 nitrogen and oxygen atoms in total.